The van der Waals surface area contributed by atoms with E-state index >= 15 is 0 Å². The smallest absolute Gasteiger partial charge is 0.412 e. The van der Waals surface area contributed by atoms with Crippen LogP contribution >= 0.6 is 0 Å². The SMILES string of the molecule is CC(C)(C)OC(=O)Nc1ccc(NC2COC2)cc1. The molecule has 1 fully saturated rings. The number of carbonyl (C=O) groups excluding carboxylic acids is 1. The summed E-state index contributed by atoms with van der Waals surface area (Å²) < 4.78 is 10.3. The van der Waals surface area contributed by atoms with E-state index in [2.05, 4.69) is 10.6 Å². The van der Waals surface area contributed by atoms with E-state index in [1.165, 1.54) is 0 Å². The van der Waals surface area contributed by atoms with E-state index in [1.807, 2.05) is 45.0 Å². The van der Waals surface area contributed by atoms with Gasteiger partial charge in [-0.15, -0.1) is 0 Å². The Kier molecular flexibility index (Phi) is 3.95. The number of anilines is 2. The summed E-state index contributed by atoms with van der Waals surface area (Å²) >= 11 is 0. The Morgan fingerprint density at radius 2 is 1.79 bits per heavy atom. The monoisotopic (exact) mass is 264 g/mol. The molecule has 2 rings (SSSR count). The highest BCUT2D eigenvalue weighted by molar-refractivity contribution is 5.85. The second kappa shape index (κ2) is 5.48. The van der Waals surface area contributed by atoms with Crippen molar-refractivity contribution in [2.45, 2.75) is 32.4 Å². The highest BCUT2D eigenvalue weighted by Gasteiger charge is 2.18. The molecule has 1 aliphatic heterocycles. The first-order valence-corrected chi connectivity index (χ1v) is 6.37. The minimum absolute atomic E-state index is 0.393. The third-order valence-electron chi connectivity index (χ3n) is 2.54. The number of nitrogens with one attached hydrogen (secondary N) is 2. The third-order valence-corrected chi connectivity index (χ3v) is 2.54. The van der Waals surface area contributed by atoms with Gasteiger partial charge >= 0.3 is 6.09 Å². The topological polar surface area (TPSA) is 59.6 Å². The molecule has 1 heterocycles. The fourth-order valence-corrected chi connectivity index (χ4v) is 1.63. The molecule has 5 nitrogen and oxygen atoms in total. The molecule has 1 saturated heterocycles. The van der Waals surface area contributed by atoms with E-state index in [0.717, 1.165) is 18.9 Å². The summed E-state index contributed by atoms with van der Waals surface area (Å²) in [6.07, 6.45) is -0.444. The normalized spacial score (nSPS) is 15.5. The van der Waals surface area contributed by atoms with Crippen LogP contribution in [0.1, 0.15) is 20.8 Å². The van der Waals surface area contributed by atoms with Crippen molar-refractivity contribution in [1.29, 1.82) is 0 Å². The molecule has 0 aliphatic carbocycles. The van der Waals surface area contributed by atoms with Crippen molar-refractivity contribution in [1.82, 2.24) is 0 Å². The van der Waals surface area contributed by atoms with Gasteiger partial charge in [-0.2, -0.15) is 0 Å². The zero-order chi connectivity index (χ0) is 13.9. The predicted molar refractivity (Wildman–Crippen MR) is 74.5 cm³/mol. The van der Waals surface area contributed by atoms with Crippen LogP contribution in [-0.2, 0) is 9.47 Å². The Bertz CT molecular complexity index is 433. The summed E-state index contributed by atoms with van der Waals surface area (Å²) in [6, 6.07) is 7.91. The second-order valence-corrected chi connectivity index (χ2v) is 5.58. The van der Waals surface area contributed by atoms with Crippen molar-refractivity contribution in [3.05, 3.63) is 24.3 Å². The highest BCUT2D eigenvalue weighted by Crippen LogP contribution is 2.17. The van der Waals surface area contributed by atoms with Crippen LogP contribution in [0, 0.1) is 0 Å². The molecule has 1 amide bonds. The molecule has 2 N–H and O–H groups in total. The Morgan fingerprint density at radius 1 is 1.21 bits per heavy atom. The van der Waals surface area contributed by atoms with Crippen LogP contribution in [0.15, 0.2) is 24.3 Å². The molecule has 0 unspecified atom stereocenters. The average molecular weight is 264 g/mol. The molecule has 0 radical (unpaired) electrons. The molecule has 0 bridgehead atoms. The van der Waals surface area contributed by atoms with Gasteiger partial charge in [-0.25, -0.2) is 4.79 Å². The first-order chi connectivity index (χ1) is 8.92. The van der Waals surface area contributed by atoms with Crippen molar-refractivity contribution < 1.29 is 14.3 Å². The fourth-order valence-electron chi connectivity index (χ4n) is 1.63. The van der Waals surface area contributed by atoms with Gasteiger partial charge in [-0.05, 0) is 45.0 Å². The van der Waals surface area contributed by atoms with Gasteiger partial charge in [0.1, 0.15) is 5.60 Å². The number of amides is 1. The Balaban J connectivity index is 1.85. The van der Waals surface area contributed by atoms with Gasteiger partial charge in [-0.1, -0.05) is 0 Å². The lowest BCUT2D eigenvalue weighted by Gasteiger charge is -2.27. The minimum Gasteiger partial charge on any atom is -0.444 e. The van der Waals surface area contributed by atoms with Gasteiger partial charge in [0.15, 0.2) is 0 Å². The number of carbonyl (C=O) groups is 1. The number of benzene rings is 1. The highest BCUT2D eigenvalue weighted by atomic mass is 16.6. The van der Waals surface area contributed by atoms with Crippen LogP contribution in [-0.4, -0.2) is 30.9 Å². The molecular weight excluding hydrogens is 244 g/mol. The predicted octanol–water partition coefficient (Wildman–Crippen LogP) is 2.84. The van der Waals surface area contributed by atoms with E-state index in [4.69, 9.17) is 9.47 Å². The first kappa shape index (κ1) is 13.7. The maximum atomic E-state index is 11.6. The molecular formula is C14H20N2O3. The van der Waals surface area contributed by atoms with Gasteiger partial charge in [0.2, 0.25) is 0 Å². The first-order valence-electron chi connectivity index (χ1n) is 6.37. The van der Waals surface area contributed by atoms with Gasteiger partial charge in [0.25, 0.3) is 0 Å². The van der Waals surface area contributed by atoms with E-state index in [1.54, 1.807) is 0 Å². The van der Waals surface area contributed by atoms with Crippen molar-refractivity contribution >= 4 is 17.5 Å². The molecule has 104 valence electrons. The molecule has 19 heavy (non-hydrogen) atoms. The summed E-state index contributed by atoms with van der Waals surface area (Å²) in [7, 11) is 0. The lowest BCUT2D eigenvalue weighted by Crippen LogP contribution is -2.40. The van der Waals surface area contributed by atoms with Crippen LogP contribution in [0.25, 0.3) is 0 Å². The summed E-state index contributed by atoms with van der Waals surface area (Å²) in [5.41, 5.74) is 1.24. The molecule has 5 heteroatoms. The summed E-state index contributed by atoms with van der Waals surface area (Å²) in [5.74, 6) is 0. The van der Waals surface area contributed by atoms with E-state index < -0.39 is 11.7 Å². The van der Waals surface area contributed by atoms with Crippen molar-refractivity contribution in [3.63, 3.8) is 0 Å². The van der Waals surface area contributed by atoms with Gasteiger partial charge in [0.05, 0.1) is 19.3 Å². The van der Waals surface area contributed by atoms with E-state index in [0.29, 0.717) is 11.7 Å². The van der Waals surface area contributed by atoms with Gasteiger partial charge in [0, 0.05) is 11.4 Å². The quantitative estimate of drug-likeness (QED) is 0.881. The molecule has 1 aliphatic rings. The number of hydrogen-bond donors (Lipinski definition) is 2. The molecule has 0 saturated carbocycles. The zero-order valence-electron chi connectivity index (χ0n) is 11.5. The van der Waals surface area contributed by atoms with Crippen LogP contribution in [0.5, 0.6) is 0 Å². The van der Waals surface area contributed by atoms with Crippen LogP contribution < -0.4 is 10.6 Å². The zero-order valence-corrected chi connectivity index (χ0v) is 11.5. The Hall–Kier alpha value is -1.75. The molecule has 1 aromatic carbocycles. The fraction of sp³-hybridized carbons (Fsp3) is 0.500. The van der Waals surface area contributed by atoms with Crippen molar-refractivity contribution in [2.75, 3.05) is 23.8 Å². The van der Waals surface area contributed by atoms with Crippen LogP contribution in [0.4, 0.5) is 16.2 Å². The van der Waals surface area contributed by atoms with Crippen LogP contribution in [0.3, 0.4) is 0 Å². The standard InChI is InChI=1S/C14H20N2O3/c1-14(2,3)19-13(17)16-11-6-4-10(5-7-11)15-12-8-18-9-12/h4-7,12,15H,8-9H2,1-3H3,(H,16,17). The van der Waals surface area contributed by atoms with E-state index in [9.17, 15) is 4.79 Å². The summed E-state index contributed by atoms with van der Waals surface area (Å²) in [6.45, 7) is 7.00. The second-order valence-electron chi connectivity index (χ2n) is 5.58. The minimum atomic E-state index is -0.490. The molecule has 1 aromatic rings. The van der Waals surface area contributed by atoms with Gasteiger partial charge < -0.3 is 14.8 Å². The lowest BCUT2D eigenvalue weighted by atomic mass is 10.2. The maximum absolute atomic E-state index is 11.6. The molecule has 0 atom stereocenters. The number of hydrogen-bond acceptors (Lipinski definition) is 4. The Morgan fingerprint density at radius 3 is 2.26 bits per heavy atom. The maximum Gasteiger partial charge on any atom is 0.412 e. The number of rotatable bonds is 3. The Labute approximate surface area is 113 Å². The van der Waals surface area contributed by atoms with Gasteiger partial charge in [-0.3, -0.25) is 5.32 Å². The summed E-state index contributed by atoms with van der Waals surface area (Å²) in [4.78, 5) is 11.6. The lowest BCUT2D eigenvalue weighted by molar-refractivity contribution is 0.0211. The van der Waals surface area contributed by atoms with Crippen LogP contribution in [0.2, 0.25) is 0 Å². The molecule has 0 spiro atoms. The van der Waals surface area contributed by atoms with Crippen molar-refractivity contribution in [3.8, 4) is 0 Å². The van der Waals surface area contributed by atoms with E-state index in [-0.39, 0.29) is 0 Å². The largest absolute Gasteiger partial charge is 0.444 e. The summed E-state index contributed by atoms with van der Waals surface area (Å²) in [5, 5.41) is 6.02. The third kappa shape index (κ3) is 4.44. The number of ether oxygens (including phenoxy) is 2. The average Bonchev–Trinajstić information content (AvgIpc) is 2.23. The molecule has 0 aromatic heterocycles. The van der Waals surface area contributed by atoms with Crippen molar-refractivity contribution in [2.24, 2.45) is 0 Å².